The van der Waals surface area contributed by atoms with E-state index in [1.54, 1.807) is 0 Å². The Hall–Kier alpha value is -1.64. The smallest absolute Gasteiger partial charge is 0.352 e. The second kappa shape index (κ2) is 6.42. The van der Waals surface area contributed by atoms with Crippen molar-refractivity contribution < 1.29 is 18.0 Å². The molecular formula is C12H18F3N5O. The zero-order valence-corrected chi connectivity index (χ0v) is 11.7. The largest absolute Gasteiger partial charge is 0.412 e. The van der Waals surface area contributed by atoms with Crippen molar-refractivity contribution in [3.8, 4) is 0 Å². The first-order valence-corrected chi connectivity index (χ1v) is 6.76. The first-order chi connectivity index (χ1) is 9.86. The third-order valence-electron chi connectivity index (χ3n) is 3.50. The number of nitrogens with zero attached hydrogens (tertiary/aromatic N) is 4. The van der Waals surface area contributed by atoms with E-state index in [9.17, 15) is 18.0 Å². The molecule has 9 heteroatoms. The average molecular weight is 305 g/mol. The van der Waals surface area contributed by atoms with E-state index in [-0.39, 0.29) is 6.54 Å². The van der Waals surface area contributed by atoms with Gasteiger partial charge >= 0.3 is 6.18 Å². The van der Waals surface area contributed by atoms with E-state index < -0.39 is 24.7 Å². The van der Waals surface area contributed by atoms with Crippen LogP contribution in [0.2, 0.25) is 0 Å². The van der Waals surface area contributed by atoms with E-state index in [1.807, 2.05) is 4.90 Å². The molecular weight excluding hydrogens is 287 g/mol. The van der Waals surface area contributed by atoms with Gasteiger partial charge in [-0.3, -0.25) is 9.69 Å². The van der Waals surface area contributed by atoms with Crippen molar-refractivity contribution in [3.63, 3.8) is 0 Å². The Bertz CT molecular complexity index is 462. The van der Waals surface area contributed by atoms with Gasteiger partial charge in [0.2, 0.25) is 5.91 Å². The molecule has 2 atom stereocenters. The standard InChI is InChI=1S/C12H18F3N5O/c1-9-2-3-19(5-9)6-11(21)17-4-10(12(13,14)15)20-8-16-7-18-20/h7-10H,2-6H2,1H3,(H,17,21). The topological polar surface area (TPSA) is 63.1 Å². The number of nitrogens with one attached hydrogen (secondary N) is 1. The first-order valence-electron chi connectivity index (χ1n) is 6.76. The van der Waals surface area contributed by atoms with Crippen molar-refractivity contribution in [1.29, 1.82) is 0 Å². The monoisotopic (exact) mass is 305 g/mol. The predicted molar refractivity (Wildman–Crippen MR) is 68.3 cm³/mol. The van der Waals surface area contributed by atoms with Gasteiger partial charge in [-0.15, -0.1) is 0 Å². The van der Waals surface area contributed by atoms with Crippen LogP contribution >= 0.6 is 0 Å². The molecule has 21 heavy (non-hydrogen) atoms. The van der Waals surface area contributed by atoms with Gasteiger partial charge in [0.1, 0.15) is 12.7 Å². The molecule has 0 saturated carbocycles. The molecule has 1 aliphatic rings. The van der Waals surface area contributed by atoms with Gasteiger partial charge in [-0.25, -0.2) is 9.67 Å². The van der Waals surface area contributed by atoms with Gasteiger partial charge in [0.15, 0.2) is 6.04 Å². The quantitative estimate of drug-likeness (QED) is 0.875. The van der Waals surface area contributed by atoms with Gasteiger partial charge in [-0.2, -0.15) is 18.3 Å². The van der Waals surface area contributed by atoms with Crippen LogP contribution in [0.4, 0.5) is 13.2 Å². The minimum Gasteiger partial charge on any atom is -0.352 e. The summed E-state index contributed by atoms with van der Waals surface area (Å²) in [5.41, 5.74) is 0. The van der Waals surface area contributed by atoms with Crippen LogP contribution in [0.15, 0.2) is 12.7 Å². The lowest BCUT2D eigenvalue weighted by molar-refractivity contribution is -0.169. The Morgan fingerprint density at radius 3 is 2.81 bits per heavy atom. The number of rotatable bonds is 5. The second-order valence-corrected chi connectivity index (χ2v) is 5.37. The number of carbonyl (C=O) groups excluding carboxylic acids is 1. The average Bonchev–Trinajstić information content (AvgIpc) is 3.00. The Morgan fingerprint density at radius 2 is 2.29 bits per heavy atom. The molecule has 2 heterocycles. The van der Waals surface area contributed by atoms with Crippen molar-refractivity contribution in [2.45, 2.75) is 25.6 Å². The summed E-state index contributed by atoms with van der Waals surface area (Å²) in [5.74, 6) is 0.120. The van der Waals surface area contributed by atoms with Crippen LogP contribution < -0.4 is 5.32 Å². The molecule has 0 radical (unpaired) electrons. The summed E-state index contributed by atoms with van der Waals surface area (Å²) in [6.45, 7) is 3.28. The highest BCUT2D eigenvalue weighted by molar-refractivity contribution is 5.78. The molecule has 1 aromatic rings. The molecule has 1 aromatic heterocycles. The summed E-state index contributed by atoms with van der Waals surface area (Å²) in [4.78, 5) is 17.2. The van der Waals surface area contributed by atoms with Gasteiger partial charge in [0.05, 0.1) is 6.54 Å². The normalized spacial score (nSPS) is 21.4. The number of hydrogen-bond donors (Lipinski definition) is 1. The molecule has 2 unspecified atom stereocenters. The summed E-state index contributed by atoms with van der Waals surface area (Å²) in [6.07, 6.45) is -1.46. The van der Waals surface area contributed by atoms with E-state index in [4.69, 9.17) is 0 Å². The number of alkyl halides is 3. The van der Waals surface area contributed by atoms with Crippen molar-refractivity contribution in [2.75, 3.05) is 26.2 Å². The summed E-state index contributed by atoms with van der Waals surface area (Å²) in [5, 5.41) is 5.83. The first kappa shape index (κ1) is 15.7. The lowest BCUT2D eigenvalue weighted by Gasteiger charge is -2.21. The second-order valence-electron chi connectivity index (χ2n) is 5.37. The van der Waals surface area contributed by atoms with E-state index in [0.29, 0.717) is 10.6 Å². The number of halogens is 3. The maximum Gasteiger partial charge on any atom is 0.412 e. The number of hydrogen-bond acceptors (Lipinski definition) is 4. The van der Waals surface area contributed by atoms with Crippen LogP contribution in [0.3, 0.4) is 0 Å². The highest BCUT2D eigenvalue weighted by Crippen LogP contribution is 2.29. The SMILES string of the molecule is CC1CCN(CC(=O)NCC(n2cncn2)C(F)(F)F)C1. The fourth-order valence-electron chi connectivity index (χ4n) is 2.38. The molecule has 0 aliphatic carbocycles. The lowest BCUT2D eigenvalue weighted by Crippen LogP contribution is -2.42. The summed E-state index contributed by atoms with van der Waals surface area (Å²) >= 11 is 0. The highest BCUT2D eigenvalue weighted by Gasteiger charge is 2.41. The van der Waals surface area contributed by atoms with Gasteiger partial charge in [-0.1, -0.05) is 6.92 Å². The zero-order valence-electron chi connectivity index (χ0n) is 11.7. The minimum absolute atomic E-state index is 0.131. The summed E-state index contributed by atoms with van der Waals surface area (Å²) in [7, 11) is 0. The summed E-state index contributed by atoms with van der Waals surface area (Å²) in [6, 6.07) is -1.90. The van der Waals surface area contributed by atoms with Crippen molar-refractivity contribution in [1.82, 2.24) is 25.0 Å². The van der Waals surface area contributed by atoms with Gasteiger partial charge in [-0.05, 0) is 18.9 Å². The molecule has 1 amide bonds. The van der Waals surface area contributed by atoms with Gasteiger partial charge in [0.25, 0.3) is 0 Å². The molecule has 1 saturated heterocycles. The van der Waals surface area contributed by atoms with Crippen molar-refractivity contribution in [3.05, 3.63) is 12.7 Å². The molecule has 0 spiro atoms. The maximum atomic E-state index is 12.9. The highest BCUT2D eigenvalue weighted by atomic mass is 19.4. The van der Waals surface area contributed by atoms with Crippen LogP contribution in [-0.4, -0.2) is 57.9 Å². The van der Waals surface area contributed by atoms with Crippen LogP contribution in [0.1, 0.15) is 19.4 Å². The van der Waals surface area contributed by atoms with E-state index in [2.05, 4.69) is 22.3 Å². The van der Waals surface area contributed by atoms with Gasteiger partial charge in [0, 0.05) is 13.1 Å². The third-order valence-corrected chi connectivity index (χ3v) is 3.50. The minimum atomic E-state index is -4.50. The van der Waals surface area contributed by atoms with E-state index >= 15 is 0 Å². The number of likely N-dealkylation sites (tertiary alicyclic amines) is 1. The molecule has 1 fully saturated rings. The maximum absolute atomic E-state index is 12.9. The predicted octanol–water partition coefficient (Wildman–Crippen LogP) is 0.839. The Kier molecular flexibility index (Phi) is 4.81. The molecule has 2 rings (SSSR count). The van der Waals surface area contributed by atoms with E-state index in [1.165, 1.54) is 0 Å². The Labute approximate surface area is 120 Å². The van der Waals surface area contributed by atoms with Crippen molar-refractivity contribution in [2.24, 2.45) is 5.92 Å². The fourth-order valence-corrected chi connectivity index (χ4v) is 2.38. The fraction of sp³-hybridized carbons (Fsp3) is 0.750. The van der Waals surface area contributed by atoms with Crippen LogP contribution in [-0.2, 0) is 4.79 Å². The van der Waals surface area contributed by atoms with Gasteiger partial charge < -0.3 is 5.32 Å². The molecule has 0 bridgehead atoms. The van der Waals surface area contributed by atoms with Crippen LogP contribution in [0, 0.1) is 5.92 Å². The molecule has 0 aromatic carbocycles. The molecule has 118 valence electrons. The zero-order chi connectivity index (χ0) is 15.5. The number of carbonyl (C=O) groups is 1. The summed E-state index contributed by atoms with van der Waals surface area (Å²) < 4.78 is 39.5. The van der Waals surface area contributed by atoms with Crippen LogP contribution in [0.25, 0.3) is 0 Å². The Balaban J connectivity index is 1.86. The third kappa shape index (κ3) is 4.42. The molecule has 1 N–H and O–H groups in total. The van der Waals surface area contributed by atoms with Crippen molar-refractivity contribution >= 4 is 5.91 Å². The lowest BCUT2D eigenvalue weighted by atomic mass is 10.2. The molecule has 6 nitrogen and oxygen atoms in total. The Morgan fingerprint density at radius 1 is 1.52 bits per heavy atom. The number of aromatic nitrogens is 3. The van der Waals surface area contributed by atoms with Crippen LogP contribution in [0.5, 0.6) is 0 Å². The molecule has 1 aliphatic heterocycles. The van der Waals surface area contributed by atoms with E-state index in [0.717, 1.165) is 32.2 Å². The number of amides is 1.